The van der Waals surface area contributed by atoms with Gasteiger partial charge in [0.1, 0.15) is 5.57 Å². The summed E-state index contributed by atoms with van der Waals surface area (Å²) >= 11 is 3.29. The molecule has 1 aromatic rings. The van der Waals surface area contributed by atoms with Crippen molar-refractivity contribution in [2.24, 2.45) is 23.2 Å². The summed E-state index contributed by atoms with van der Waals surface area (Å²) in [6, 6.07) is 2.27. The Labute approximate surface area is 201 Å². The molecule has 1 saturated heterocycles. The number of ether oxygens (including phenoxy) is 1. The molecule has 176 valence electrons. The van der Waals surface area contributed by atoms with Crippen LogP contribution in [0.2, 0.25) is 0 Å². The van der Waals surface area contributed by atoms with Gasteiger partial charge >= 0.3 is 6.03 Å². The van der Waals surface area contributed by atoms with E-state index in [4.69, 9.17) is 4.74 Å². The van der Waals surface area contributed by atoms with E-state index in [-0.39, 0.29) is 28.5 Å². The van der Waals surface area contributed by atoms with Crippen LogP contribution in [0.1, 0.15) is 57.9 Å². The highest BCUT2D eigenvalue weighted by Crippen LogP contribution is 2.62. The standard InChI is InChI=1S/C25H29BrN2O5/c1-3-33-20-9-14(8-19(26)21(20)29)7-18-22(30)27-24(32)28(23(18)31)13(2)25-10-15-4-16(11-25)6-17(5-15)12-25/h7-9,13,15-17,29H,3-6,10-12H2,1-2H3,(H,27,30,32). The summed E-state index contributed by atoms with van der Waals surface area (Å²) < 4.78 is 5.84. The summed E-state index contributed by atoms with van der Waals surface area (Å²) in [5.74, 6) is 0.983. The van der Waals surface area contributed by atoms with Crippen LogP contribution in [0.4, 0.5) is 4.79 Å². The molecule has 4 bridgehead atoms. The SMILES string of the molecule is CCOc1cc(C=C2C(=O)NC(=O)N(C(C)C34CC5CC(CC(C5)C3)C4)C2=O)cc(Br)c1O. The molecular formula is C25H29BrN2O5. The van der Waals surface area contributed by atoms with E-state index >= 15 is 0 Å². The van der Waals surface area contributed by atoms with Crippen molar-refractivity contribution in [3.05, 3.63) is 27.7 Å². The number of carbonyl (C=O) groups is 3. The van der Waals surface area contributed by atoms with Crippen LogP contribution in [0.5, 0.6) is 11.5 Å². The maximum Gasteiger partial charge on any atom is 0.331 e. The number of hydrogen-bond donors (Lipinski definition) is 2. The molecule has 4 saturated carbocycles. The average Bonchev–Trinajstić information content (AvgIpc) is 2.73. The Morgan fingerprint density at radius 2 is 1.79 bits per heavy atom. The van der Waals surface area contributed by atoms with Gasteiger partial charge in [0, 0.05) is 6.04 Å². The lowest BCUT2D eigenvalue weighted by Gasteiger charge is -2.60. The molecule has 1 atom stereocenters. The molecule has 1 aliphatic heterocycles. The Hall–Kier alpha value is -2.35. The molecule has 0 radical (unpaired) electrons. The molecular weight excluding hydrogens is 488 g/mol. The number of rotatable bonds is 5. The zero-order valence-corrected chi connectivity index (χ0v) is 20.5. The van der Waals surface area contributed by atoms with Gasteiger partial charge in [-0.2, -0.15) is 0 Å². The van der Waals surface area contributed by atoms with Crippen molar-refractivity contribution in [2.75, 3.05) is 6.61 Å². The Kier molecular flexibility index (Phi) is 5.54. The van der Waals surface area contributed by atoms with Gasteiger partial charge in [-0.25, -0.2) is 4.79 Å². The van der Waals surface area contributed by atoms with Crippen molar-refractivity contribution in [2.45, 2.75) is 58.4 Å². The summed E-state index contributed by atoms with van der Waals surface area (Å²) in [5.41, 5.74) is 0.362. The molecule has 4 aliphatic carbocycles. The van der Waals surface area contributed by atoms with E-state index in [1.54, 1.807) is 19.1 Å². The van der Waals surface area contributed by atoms with Crippen LogP contribution >= 0.6 is 15.9 Å². The Morgan fingerprint density at radius 3 is 2.36 bits per heavy atom. The molecule has 5 aliphatic rings. The van der Waals surface area contributed by atoms with E-state index in [0.29, 0.717) is 34.4 Å². The molecule has 0 spiro atoms. The number of benzene rings is 1. The summed E-state index contributed by atoms with van der Waals surface area (Å²) in [6.45, 7) is 4.12. The highest BCUT2D eigenvalue weighted by molar-refractivity contribution is 9.10. The molecule has 0 aromatic heterocycles. The third-order valence-corrected chi connectivity index (χ3v) is 8.76. The molecule has 6 rings (SSSR count). The fraction of sp³-hybridized carbons (Fsp3) is 0.560. The van der Waals surface area contributed by atoms with E-state index < -0.39 is 17.8 Å². The molecule has 1 aromatic carbocycles. The van der Waals surface area contributed by atoms with Crippen molar-refractivity contribution >= 4 is 39.9 Å². The second kappa shape index (κ2) is 8.15. The van der Waals surface area contributed by atoms with Crippen LogP contribution in [0.3, 0.4) is 0 Å². The fourth-order valence-corrected chi connectivity index (χ4v) is 7.56. The monoisotopic (exact) mass is 516 g/mol. The summed E-state index contributed by atoms with van der Waals surface area (Å²) in [4.78, 5) is 40.3. The van der Waals surface area contributed by atoms with Gasteiger partial charge in [-0.15, -0.1) is 0 Å². The third kappa shape index (κ3) is 3.76. The van der Waals surface area contributed by atoms with E-state index in [0.717, 1.165) is 19.3 Å². The number of carbonyl (C=O) groups excluding carboxylic acids is 3. The second-order valence-electron chi connectivity index (χ2n) is 10.2. The zero-order chi connectivity index (χ0) is 23.5. The molecule has 4 amide bonds. The molecule has 33 heavy (non-hydrogen) atoms. The lowest BCUT2D eigenvalue weighted by Crippen LogP contribution is -2.63. The zero-order valence-electron chi connectivity index (χ0n) is 18.9. The van der Waals surface area contributed by atoms with Gasteiger partial charge in [0.05, 0.1) is 11.1 Å². The number of aromatic hydroxyl groups is 1. The third-order valence-electron chi connectivity index (χ3n) is 8.15. The number of nitrogens with zero attached hydrogens (tertiary/aromatic N) is 1. The van der Waals surface area contributed by atoms with Gasteiger partial charge in [-0.3, -0.25) is 19.8 Å². The van der Waals surface area contributed by atoms with Crippen LogP contribution in [-0.4, -0.2) is 40.5 Å². The van der Waals surface area contributed by atoms with Crippen LogP contribution < -0.4 is 10.1 Å². The number of urea groups is 1. The number of hydrogen-bond acceptors (Lipinski definition) is 5. The number of barbiturate groups is 1. The minimum absolute atomic E-state index is 0.0503. The number of nitrogens with one attached hydrogen (secondary N) is 1. The maximum absolute atomic E-state index is 13.5. The van der Waals surface area contributed by atoms with Crippen molar-refractivity contribution in [1.29, 1.82) is 0 Å². The van der Waals surface area contributed by atoms with Crippen LogP contribution in [0.25, 0.3) is 6.08 Å². The Balaban J connectivity index is 1.47. The predicted octanol–water partition coefficient (Wildman–Crippen LogP) is 4.62. The van der Waals surface area contributed by atoms with Gasteiger partial charge in [0.25, 0.3) is 11.8 Å². The first-order valence-electron chi connectivity index (χ1n) is 11.8. The molecule has 8 heteroatoms. The quantitative estimate of drug-likeness (QED) is 0.439. The Morgan fingerprint density at radius 1 is 1.18 bits per heavy atom. The minimum Gasteiger partial charge on any atom is -0.503 e. The topological polar surface area (TPSA) is 95.9 Å². The molecule has 1 unspecified atom stereocenters. The lowest BCUT2D eigenvalue weighted by molar-refractivity contribution is -0.139. The van der Waals surface area contributed by atoms with Gasteiger partial charge < -0.3 is 9.84 Å². The fourth-order valence-electron chi connectivity index (χ4n) is 7.10. The lowest BCUT2D eigenvalue weighted by atomic mass is 9.47. The van der Waals surface area contributed by atoms with E-state index in [2.05, 4.69) is 21.2 Å². The van der Waals surface area contributed by atoms with Crippen LogP contribution in [0, 0.1) is 23.2 Å². The number of halogens is 1. The largest absolute Gasteiger partial charge is 0.503 e. The van der Waals surface area contributed by atoms with Crippen LogP contribution in [0.15, 0.2) is 22.2 Å². The van der Waals surface area contributed by atoms with Crippen LogP contribution in [-0.2, 0) is 9.59 Å². The molecule has 2 N–H and O–H groups in total. The highest BCUT2D eigenvalue weighted by atomic mass is 79.9. The molecule has 5 fully saturated rings. The first-order valence-corrected chi connectivity index (χ1v) is 12.6. The van der Waals surface area contributed by atoms with E-state index in [9.17, 15) is 19.5 Å². The van der Waals surface area contributed by atoms with Gasteiger partial charge in [0.15, 0.2) is 11.5 Å². The van der Waals surface area contributed by atoms with Gasteiger partial charge in [0.2, 0.25) is 0 Å². The first-order chi connectivity index (χ1) is 15.7. The number of phenolic OH excluding ortho intramolecular Hbond substituents is 1. The summed E-state index contributed by atoms with van der Waals surface area (Å²) in [6.07, 6.45) is 8.41. The number of phenols is 1. The summed E-state index contributed by atoms with van der Waals surface area (Å²) in [5, 5.41) is 12.5. The number of imide groups is 2. The van der Waals surface area contributed by atoms with Crippen molar-refractivity contribution in [3.8, 4) is 11.5 Å². The molecule has 7 nitrogen and oxygen atoms in total. The number of amides is 4. The predicted molar refractivity (Wildman–Crippen MR) is 125 cm³/mol. The van der Waals surface area contributed by atoms with E-state index in [1.165, 1.54) is 30.2 Å². The van der Waals surface area contributed by atoms with Gasteiger partial charge in [-0.05, 0) is 115 Å². The van der Waals surface area contributed by atoms with Gasteiger partial charge in [-0.1, -0.05) is 0 Å². The minimum atomic E-state index is -0.707. The maximum atomic E-state index is 13.5. The second-order valence-corrected chi connectivity index (χ2v) is 11.1. The normalized spacial score (nSPS) is 32.9. The van der Waals surface area contributed by atoms with Crippen molar-refractivity contribution < 1.29 is 24.2 Å². The Bertz CT molecular complexity index is 1030. The molecule has 1 heterocycles. The first kappa shape index (κ1) is 22.4. The highest BCUT2D eigenvalue weighted by Gasteiger charge is 2.56. The average molecular weight is 517 g/mol. The van der Waals surface area contributed by atoms with E-state index in [1.807, 2.05) is 6.92 Å². The van der Waals surface area contributed by atoms with Crippen molar-refractivity contribution in [3.63, 3.8) is 0 Å². The summed E-state index contributed by atoms with van der Waals surface area (Å²) in [7, 11) is 0. The van der Waals surface area contributed by atoms with Crippen molar-refractivity contribution in [1.82, 2.24) is 10.2 Å². The smallest absolute Gasteiger partial charge is 0.331 e.